The molecule has 1 aromatic rings. The standard InChI is InChI=1S/C18H32N2O/c1-5-18(6-2)20(13-14-21-4)12-11-15(3)16-7-9-17(19)10-8-16/h7-10,15,18H,5-6,11-14,19H2,1-4H3. The Balaban J connectivity index is 2.56. The highest BCUT2D eigenvalue weighted by atomic mass is 16.5. The average molecular weight is 292 g/mol. The van der Waals surface area contributed by atoms with Crippen LogP contribution in [0.15, 0.2) is 24.3 Å². The lowest BCUT2D eigenvalue weighted by atomic mass is 9.97. The Hall–Kier alpha value is -1.06. The highest BCUT2D eigenvalue weighted by molar-refractivity contribution is 5.40. The highest BCUT2D eigenvalue weighted by Gasteiger charge is 2.16. The number of nitrogen functional groups attached to an aromatic ring is 1. The quantitative estimate of drug-likeness (QED) is 0.665. The Morgan fingerprint density at radius 3 is 2.24 bits per heavy atom. The Morgan fingerprint density at radius 1 is 1.10 bits per heavy atom. The predicted octanol–water partition coefficient (Wildman–Crippen LogP) is 3.90. The molecule has 0 aliphatic rings. The van der Waals surface area contributed by atoms with E-state index < -0.39 is 0 Å². The molecule has 3 heteroatoms. The SMILES string of the molecule is CCC(CC)N(CCOC)CCC(C)c1ccc(N)cc1. The van der Waals surface area contributed by atoms with Crippen molar-refractivity contribution in [2.45, 2.75) is 52.0 Å². The summed E-state index contributed by atoms with van der Waals surface area (Å²) < 4.78 is 5.26. The van der Waals surface area contributed by atoms with Gasteiger partial charge in [0.25, 0.3) is 0 Å². The van der Waals surface area contributed by atoms with Crippen LogP contribution in [0.2, 0.25) is 0 Å². The lowest BCUT2D eigenvalue weighted by molar-refractivity contribution is 0.113. The van der Waals surface area contributed by atoms with Crippen molar-refractivity contribution in [2.24, 2.45) is 0 Å². The molecule has 21 heavy (non-hydrogen) atoms. The molecule has 120 valence electrons. The Bertz CT molecular complexity index is 373. The fourth-order valence-corrected chi connectivity index (χ4v) is 2.84. The molecule has 2 N–H and O–H groups in total. The molecular weight excluding hydrogens is 260 g/mol. The minimum atomic E-state index is 0.560. The molecule has 0 aliphatic heterocycles. The topological polar surface area (TPSA) is 38.5 Å². The van der Waals surface area contributed by atoms with E-state index in [9.17, 15) is 0 Å². The molecule has 0 aliphatic carbocycles. The molecule has 0 spiro atoms. The molecule has 0 heterocycles. The maximum Gasteiger partial charge on any atom is 0.0589 e. The van der Waals surface area contributed by atoms with Crippen LogP contribution in [0.5, 0.6) is 0 Å². The van der Waals surface area contributed by atoms with E-state index in [2.05, 4.69) is 37.8 Å². The molecule has 0 saturated carbocycles. The van der Waals surface area contributed by atoms with Gasteiger partial charge in [-0.1, -0.05) is 32.9 Å². The van der Waals surface area contributed by atoms with Crippen LogP contribution in [0.4, 0.5) is 5.69 Å². The third-order valence-corrected chi connectivity index (χ3v) is 4.40. The van der Waals surface area contributed by atoms with Crippen LogP contribution >= 0.6 is 0 Å². The van der Waals surface area contributed by atoms with Gasteiger partial charge in [0.15, 0.2) is 0 Å². The minimum Gasteiger partial charge on any atom is -0.399 e. The summed E-state index contributed by atoms with van der Waals surface area (Å²) in [5.74, 6) is 0.560. The minimum absolute atomic E-state index is 0.560. The molecule has 0 bridgehead atoms. The van der Waals surface area contributed by atoms with Crippen molar-refractivity contribution in [3.63, 3.8) is 0 Å². The zero-order valence-electron chi connectivity index (χ0n) is 14.1. The lowest BCUT2D eigenvalue weighted by Gasteiger charge is -2.31. The fraction of sp³-hybridized carbons (Fsp3) is 0.667. The molecular formula is C18H32N2O. The van der Waals surface area contributed by atoms with Crippen LogP contribution < -0.4 is 5.73 Å². The van der Waals surface area contributed by atoms with E-state index >= 15 is 0 Å². The number of benzene rings is 1. The summed E-state index contributed by atoms with van der Waals surface area (Å²) in [5.41, 5.74) is 7.97. The molecule has 1 unspecified atom stereocenters. The number of nitrogens with two attached hydrogens (primary N) is 1. The van der Waals surface area contributed by atoms with E-state index in [1.807, 2.05) is 12.1 Å². The molecule has 0 saturated heterocycles. The number of hydrogen-bond donors (Lipinski definition) is 1. The van der Waals surface area contributed by atoms with Gasteiger partial charge in [0, 0.05) is 25.4 Å². The second-order valence-corrected chi connectivity index (χ2v) is 5.86. The molecule has 1 atom stereocenters. The summed E-state index contributed by atoms with van der Waals surface area (Å²) in [5, 5.41) is 0. The monoisotopic (exact) mass is 292 g/mol. The van der Waals surface area contributed by atoms with Crippen LogP contribution in [0, 0.1) is 0 Å². The Kier molecular flexibility index (Phi) is 8.40. The number of hydrogen-bond acceptors (Lipinski definition) is 3. The van der Waals surface area contributed by atoms with Gasteiger partial charge in [-0.15, -0.1) is 0 Å². The first kappa shape index (κ1) is 18.0. The molecule has 0 aromatic heterocycles. The van der Waals surface area contributed by atoms with E-state index in [0.29, 0.717) is 12.0 Å². The van der Waals surface area contributed by atoms with Crippen molar-refractivity contribution in [1.29, 1.82) is 0 Å². The van der Waals surface area contributed by atoms with E-state index in [1.54, 1.807) is 7.11 Å². The van der Waals surface area contributed by atoms with E-state index in [0.717, 1.165) is 25.4 Å². The lowest BCUT2D eigenvalue weighted by Crippen LogP contribution is -2.38. The fourth-order valence-electron chi connectivity index (χ4n) is 2.84. The smallest absolute Gasteiger partial charge is 0.0589 e. The predicted molar refractivity (Wildman–Crippen MR) is 91.7 cm³/mol. The van der Waals surface area contributed by atoms with Crippen LogP contribution in [0.1, 0.15) is 51.5 Å². The molecule has 1 rings (SSSR count). The first-order valence-electron chi connectivity index (χ1n) is 8.20. The number of rotatable bonds is 10. The first-order chi connectivity index (χ1) is 10.1. The summed E-state index contributed by atoms with van der Waals surface area (Å²) in [4.78, 5) is 2.58. The summed E-state index contributed by atoms with van der Waals surface area (Å²) in [7, 11) is 1.78. The number of methoxy groups -OCH3 is 1. The van der Waals surface area contributed by atoms with Gasteiger partial charge in [0.2, 0.25) is 0 Å². The van der Waals surface area contributed by atoms with Gasteiger partial charge in [-0.3, -0.25) is 4.90 Å². The van der Waals surface area contributed by atoms with Crippen molar-refractivity contribution in [1.82, 2.24) is 4.90 Å². The highest BCUT2D eigenvalue weighted by Crippen LogP contribution is 2.21. The average Bonchev–Trinajstić information content (AvgIpc) is 2.50. The van der Waals surface area contributed by atoms with Gasteiger partial charge in [0.05, 0.1) is 6.61 Å². The van der Waals surface area contributed by atoms with Crippen LogP contribution in [-0.4, -0.2) is 37.7 Å². The van der Waals surface area contributed by atoms with Crippen molar-refractivity contribution in [3.05, 3.63) is 29.8 Å². The van der Waals surface area contributed by atoms with Crippen molar-refractivity contribution >= 4 is 5.69 Å². The number of ether oxygens (including phenoxy) is 1. The third-order valence-electron chi connectivity index (χ3n) is 4.40. The van der Waals surface area contributed by atoms with Crippen molar-refractivity contribution in [2.75, 3.05) is 32.5 Å². The molecule has 0 fully saturated rings. The second-order valence-electron chi connectivity index (χ2n) is 5.86. The maximum absolute atomic E-state index is 5.76. The zero-order chi connectivity index (χ0) is 15.7. The van der Waals surface area contributed by atoms with Gasteiger partial charge in [-0.05, 0) is 49.4 Å². The largest absolute Gasteiger partial charge is 0.399 e. The van der Waals surface area contributed by atoms with E-state index in [-0.39, 0.29) is 0 Å². The van der Waals surface area contributed by atoms with Crippen LogP contribution in [0.3, 0.4) is 0 Å². The normalized spacial score (nSPS) is 13.0. The van der Waals surface area contributed by atoms with Gasteiger partial charge >= 0.3 is 0 Å². The van der Waals surface area contributed by atoms with Gasteiger partial charge in [-0.25, -0.2) is 0 Å². The van der Waals surface area contributed by atoms with E-state index in [1.165, 1.54) is 24.8 Å². The van der Waals surface area contributed by atoms with Crippen molar-refractivity contribution < 1.29 is 4.74 Å². The molecule has 0 radical (unpaired) electrons. The molecule has 1 aromatic carbocycles. The van der Waals surface area contributed by atoms with E-state index in [4.69, 9.17) is 10.5 Å². The first-order valence-corrected chi connectivity index (χ1v) is 8.20. The van der Waals surface area contributed by atoms with Gasteiger partial charge < -0.3 is 10.5 Å². The van der Waals surface area contributed by atoms with Gasteiger partial charge in [0.1, 0.15) is 0 Å². The van der Waals surface area contributed by atoms with Crippen LogP contribution in [0.25, 0.3) is 0 Å². The van der Waals surface area contributed by atoms with Crippen LogP contribution in [-0.2, 0) is 4.74 Å². The Labute approximate surface area is 130 Å². The number of anilines is 1. The van der Waals surface area contributed by atoms with Gasteiger partial charge in [-0.2, -0.15) is 0 Å². The summed E-state index contributed by atoms with van der Waals surface area (Å²) in [6.45, 7) is 9.81. The molecule has 3 nitrogen and oxygen atoms in total. The van der Waals surface area contributed by atoms with Crippen molar-refractivity contribution in [3.8, 4) is 0 Å². The second kappa shape index (κ2) is 9.80. The summed E-state index contributed by atoms with van der Waals surface area (Å²) in [6, 6.07) is 8.96. The third kappa shape index (κ3) is 6.06. The maximum atomic E-state index is 5.76. The summed E-state index contributed by atoms with van der Waals surface area (Å²) >= 11 is 0. The zero-order valence-corrected chi connectivity index (χ0v) is 14.1. The Morgan fingerprint density at radius 2 is 1.71 bits per heavy atom. The molecule has 0 amide bonds. The summed E-state index contributed by atoms with van der Waals surface area (Å²) in [6.07, 6.45) is 3.58. The number of nitrogens with zero attached hydrogens (tertiary/aromatic N) is 1.